The van der Waals surface area contributed by atoms with Gasteiger partial charge in [0, 0.05) is 6.42 Å². The van der Waals surface area contributed by atoms with Crippen molar-refractivity contribution in [1.29, 1.82) is 0 Å². The highest BCUT2D eigenvalue weighted by Crippen LogP contribution is 2.08. The molecule has 10 heteroatoms. The molecule has 0 heterocycles. The van der Waals surface area contributed by atoms with Crippen LogP contribution in [0.15, 0.2) is 5.28 Å². The van der Waals surface area contributed by atoms with Crippen LogP contribution in [0.2, 0.25) is 0 Å². The Balaban J connectivity index is 3.83. The lowest BCUT2D eigenvalue weighted by atomic mass is 10.2. The Morgan fingerprint density at radius 3 is 2.48 bits per heavy atom. The number of nitrogens with zero attached hydrogens (tertiary/aromatic N) is 3. The zero-order chi connectivity index (χ0) is 17.9. The van der Waals surface area contributed by atoms with Gasteiger partial charge in [0.05, 0.1) is 18.6 Å². The number of aliphatic carboxylic acids is 1. The maximum Gasteiger partial charge on any atom is 0.511 e. The molecule has 0 aliphatic heterocycles. The minimum atomic E-state index is -0.920. The lowest BCUT2D eigenvalue weighted by Crippen LogP contribution is -2.28. The van der Waals surface area contributed by atoms with Crippen molar-refractivity contribution < 1.29 is 34.0 Å². The van der Waals surface area contributed by atoms with E-state index in [9.17, 15) is 14.8 Å². The predicted octanol–water partition coefficient (Wildman–Crippen LogP) is 2.28. The number of hydrogen-bond acceptors (Lipinski definition) is 7. The zero-order valence-corrected chi connectivity index (χ0v) is 14.0. The number of unbranched alkanes of at least 4 members (excludes halogenated alkanes) is 2. The topological polar surface area (TPSA) is 124 Å². The summed E-state index contributed by atoms with van der Waals surface area (Å²) >= 11 is 0. The zero-order valence-electron chi connectivity index (χ0n) is 14.0. The third-order valence-corrected chi connectivity index (χ3v) is 2.41. The average Bonchev–Trinajstić information content (AvgIpc) is 2.40. The number of carbonyl (C=O) groups is 2. The van der Waals surface area contributed by atoms with E-state index in [2.05, 4.69) is 14.9 Å². The molecule has 0 bridgehead atoms. The second kappa shape index (κ2) is 10.5. The van der Waals surface area contributed by atoms with E-state index in [0.29, 0.717) is 25.8 Å². The molecule has 0 aliphatic rings. The quantitative estimate of drug-likeness (QED) is 0.161. The molecule has 0 amide bonds. The third-order valence-electron chi connectivity index (χ3n) is 2.41. The van der Waals surface area contributed by atoms with Gasteiger partial charge in [-0.2, -0.15) is 0 Å². The van der Waals surface area contributed by atoms with Crippen LogP contribution in [0.4, 0.5) is 4.79 Å². The number of carbonyl (C=O) groups excluding carboxylic acids is 1. The van der Waals surface area contributed by atoms with Gasteiger partial charge in [0.2, 0.25) is 5.28 Å². The van der Waals surface area contributed by atoms with E-state index in [4.69, 9.17) is 9.84 Å². The van der Waals surface area contributed by atoms with Crippen LogP contribution in [0, 0.1) is 5.21 Å². The van der Waals surface area contributed by atoms with E-state index in [1.165, 1.54) is 12.1 Å². The van der Waals surface area contributed by atoms with E-state index >= 15 is 0 Å². The van der Waals surface area contributed by atoms with Gasteiger partial charge in [-0.3, -0.25) is 4.79 Å². The van der Waals surface area contributed by atoms with Crippen molar-refractivity contribution in [2.75, 3.05) is 20.4 Å². The molecule has 10 nitrogen and oxygen atoms in total. The summed E-state index contributed by atoms with van der Waals surface area (Å²) in [5.74, 6) is -0.836. The number of hydrazine groups is 1. The second-order valence-corrected chi connectivity index (χ2v) is 5.78. The number of rotatable bonds is 10. The molecule has 0 spiro atoms. The molecular weight excluding hydrogens is 310 g/mol. The fourth-order valence-electron chi connectivity index (χ4n) is 1.37. The van der Waals surface area contributed by atoms with Crippen molar-refractivity contribution in [2.24, 2.45) is 5.28 Å². The van der Waals surface area contributed by atoms with E-state index in [0.717, 1.165) is 0 Å². The normalized spacial score (nSPS) is 11.7. The van der Waals surface area contributed by atoms with Crippen LogP contribution in [0.1, 0.15) is 46.5 Å². The van der Waals surface area contributed by atoms with Crippen molar-refractivity contribution in [2.45, 2.75) is 52.1 Å². The van der Waals surface area contributed by atoms with Gasteiger partial charge >= 0.3 is 12.1 Å². The number of carboxylic acids is 1. The fraction of sp³-hybridized carbons (Fsp3) is 0.846. The smallest absolute Gasteiger partial charge is 0.511 e. The Bertz CT molecular complexity index is 407. The van der Waals surface area contributed by atoms with Gasteiger partial charge in [0.1, 0.15) is 5.60 Å². The van der Waals surface area contributed by atoms with E-state index in [1.807, 2.05) is 0 Å². The molecule has 0 aromatic carbocycles. The highest BCUT2D eigenvalue weighted by Gasteiger charge is 2.17. The molecule has 0 aromatic heterocycles. The Morgan fingerprint density at radius 1 is 1.26 bits per heavy atom. The summed E-state index contributed by atoms with van der Waals surface area (Å²) in [6.07, 6.45) is 1.08. The number of carboxylic acid groups (broad SMARTS) is 1. The maximum atomic E-state index is 11.5. The molecule has 0 radical (unpaired) electrons. The minimum absolute atomic E-state index is 0.111. The maximum absolute atomic E-state index is 11.5. The van der Waals surface area contributed by atoms with Gasteiger partial charge in [-0.15, -0.1) is 5.01 Å². The minimum Gasteiger partial charge on any atom is -0.569 e. The summed E-state index contributed by atoms with van der Waals surface area (Å²) < 4.78 is 9.43. The highest BCUT2D eigenvalue weighted by molar-refractivity contribution is 5.66. The lowest BCUT2D eigenvalue weighted by Gasteiger charge is -2.18. The van der Waals surface area contributed by atoms with Gasteiger partial charge in [-0.05, 0) is 33.6 Å². The van der Waals surface area contributed by atoms with Crippen LogP contribution in [0.25, 0.3) is 0 Å². The highest BCUT2D eigenvalue weighted by atomic mass is 16.8. The van der Waals surface area contributed by atoms with Gasteiger partial charge in [-0.1, -0.05) is 6.42 Å². The molecule has 1 N–H and O–H groups in total. The van der Waals surface area contributed by atoms with Crippen LogP contribution in [-0.4, -0.2) is 53.2 Å². The van der Waals surface area contributed by atoms with Crippen LogP contribution in [0.3, 0.4) is 0 Å². The van der Waals surface area contributed by atoms with Gasteiger partial charge in [-0.25, -0.2) is 4.79 Å². The standard InChI is InChI=1S/C13H25N3O7/c1-13(2,3)23-12(19)21-10-22-14-16(20)15(4)9-7-5-6-8-11(17)18/h5-10H2,1-4H3,(H,17,18)/b16-14-. The Hall–Kier alpha value is -2.26. The molecule has 0 fully saturated rings. The number of hydrogen-bond donors (Lipinski definition) is 1. The molecular formula is C13H25N3O7. The molecule has 0 aliphatic carbocycles. The summed E-state index contributed by atoms with van der Waals surface area (Å²) in [7, 11) is 1.51. The molecule has 0 atom stereocenters. The monoisotopic (exact) mass is 335 g/mol. The SMILES string of the molecule is CN(CCCCCC(=O)O)/[N+]([O-])=N/OCOC(=O)OC(C)(C)C. The lowest BCUT2D eigenvalue weighted by molar-refractivity contribution is -0.706. The molecule has 23 heavy (non-hydrogen) atoms. The predicted molar refractivity (Wildman–Crippen MR) is 78.1 cm³/mol. The summed E-state index contributed by atoms with van der Waals surface area (Å²) in [5.41, 5.74) is -0.681. The average molecular weight is 335 g/mol. The second-order valence-electron chi connectivity index (χ2n) is 5.78. The molecule has 0 rings (SSSR count). The summed E-state index contributed by atoms with van der Waals surface area (Å²) in [6.45, 7) is 4.90. The summed E-state index contributed by atoms with van der Waals surface area (Å²) in [4.78, 5) is 26.3. The molecule has 0 unspecified atom stereocenters. The summed E-state index contributed by atoms with van der Waals surface area (Å²) in [5, 5.41) is 24.4. The van der Waals surface area contributed by atoms with Crippen molar-refractivity contribution in [3.05, 3.63) is 5.21 Å². The molecule has 0 saturated heterocycles. The first-order valence-corrected chi connectivity index (χ1v) is 7.20. The first kappa shape index (κ1) is 20.7. The molecule has 0 saturated carbocycles. The van der Waals surface area contributed by atoms with Crippen LogP contribution >= 0.6 is 0 Å². The Morgan fingerprint density at radius 2 is 1.91 bits per heavy atom. The van der Waals surface area contributed by atoms with E-state index < -0.39 is 24.5 Å². The Labute approximate surface area is 135 Å². The largest absolute Gasteiger partial charge is 0.569 e. The molecule has 134 valence electrons. The molecule has 0 aromatic rings. The van der Waals surface area contributed by atoms with Crippen LogP contribution in [0.5, 0.6) is 0 Å². The van der Waals surface area contributed by atoms with Crippen LogP contribution < -0.4 is 0 Å². The van der Waals surface area contributed by atoms with Gasteiger partial charge in [0.25, 0.3) is 6.79 Å². The van der Waals surface area contributed by atoms with Crippen molar-refractivity contribution in [3.63, 3.8) is 0 Å². The van der Waals surface area contributed by atoms with Crippen molar-refractivity contribution in [3.8, 4) is 0 Å². The van der Waals surface area contributed by atoms with E-state index in [-0.39, 0.29) is 11.4 Å². The van der Waals surface area contributed by atoms with Crippen molar-refractivity contribution in [1.82, 2.24) is 5.01 Å². The first-order valence-electron chi connectivity index (χ1n) is 7.20. The van der Waals surface area contributed by atoms with Crippen LogP contribution in [-0.2, 0) is 19.1 Å². The first-order chi connectivity index (χ1) is 10.6. The number of ether oxygens (including phenoxy) is 2. The summed E-state index contributed by atoms with van der Waals surface area (Å²) in [6, 6.07) is 0. The van der Waals surface area contributed by atoms with Crippen molar-refractivity contribution >= 4 is 12.1 Å². The van der Waals surface area contributed by atoms with Gasteiger partial charge < -0.3 is 24.6 Å². The van der Waals surface area contributed by atoms with Gasteiger partial charge in [0.15, 0.2) is 0 Å². The Kier molecular flexibility index (Phi) is 9.44. The van der Waals surface area contributed by atoms with E-state index in [1.54, 1.807) is 20.8 Å². The third kappa shape index (κ3) is 13.1. The fourth-order valence-corrected chi connectivity index (χ4v) is 1.37.